The first-order chi connectivity index (χ1) is 10.9. The highest BCUT2D eigenvalue weighted by Crippen LogP contribution is 2.11. The Morgan fingerprint density at radius 3 is 2.22 bits per heavy atom. The molecule has 0 aromatic heterocycles. The fraction of sp³-hybridized carbons (Fsp3) is 0.529. The lowest BCUT2D eigenvalue weighted by molar-refractivity contribution is -0.904. The van der Waals surface area contributed by atoms with Gasteiger partial charge < -0.3 is 20.0 Å². The van der Waals surface area contributed by atoms with Crippen LogP contribution in [0.2, 0.25) is 0 Å². The summed E-state index contributed by atoms with van der Waals surface area (Å²) in [5.74, 6) is -0.173. The first-order valence-electron chi connectivity index (χ1n) is 7.91. The normalized spacial score (nSPS) is 11.7. The molecule has 1 atom stereocenters. The highest BCUT2D eigenvalue weighted by atomic mass is 16.2. The summed E-state index contributed by atoms with van der Waals surface area (Å²) in [6.45, 7) is 4.21. The molecule has 0 aliphatic carbocycles. The number of anilines is 1. The summed E-state index contributed by atoms with van der Waals surface area (Å²) in [5.41, 5.74) is 2.36. The molecule has 0 aliphatic rings. The van der Waals surface area contributed by atoms with Gasteiger partial charge in [-0.2, -0.15) is 0 Å². The van der Waals surface area contributed by atoms with Gasteiger partial charge in [0, 0.05) is 39.4 Å². The van der Waals surface area contributed by atoms with Crippen molar-refractivity contribution in [3.63, 3.8) is 0 Å². The van der Waals surface area contributed by atoms with Crippen LogP contribution in [-0.4, -0.2) is 64.5 Å². The predicted octanol–water partition coefficient (Wildman–Crippen LogP) is -0.638. The lowest BCUT2D eigenvalue weighted by Crippen LogP contribution is -3.11. The molecule has 0 bridgehead atoms. The molecule has 0 aliphatic heterocycles. The minimum atomic E-state index is -0.154. The Morgan fingerprint density at radius 2 is 1.74 bits per heavy atom. The number of hydrogen-bond donors (Lipinski definition) is 2. The summed E-state index contributed by atoms with van der Waals surface area (Å²) in [7, 11) is 7.26. The largest absolute Gasteiger partial charge is 0.378 e. The van der Waals surface area contributed by atoms with Crippen molar-refractivity contribution in [3.05, 3.63) is 29.8 Å². The molecule has 2 amide bonds. The number of likely N-dealkylation sites (N-methyl/N-ethyl adjacent to an activating group) is 3. The predicted molar refractivity (Wildman–Crippen MR) is 92.5 cm³/mol. The monoisotopic (exact) mass is 321 g/mol. The molecule has 23 heavy (non-hydrogen) atoms. The van der Waals surface area contributed by atoms with E-state index in [1.54, 1.807) is 14.1 Å². The van der Waals surface area contributed by atoms with Crippen molar-refractivity contribution in [1.29, 1.82) is 0 Å². The van der Waals surface area contributed by atoms with E-state index in [9.17, 15) is 9.59 Å². The van der Waals surface area contributed by atoms with E-state index in [-0.39, 0.29) is 18.4 Å². The molecule has 0 saturated heterocycles. The third kappa shape index (κ3) is 6.28. The molecular weight excluding hydrogens is 292 g/mol. The van der Waals surface area contributed by atoms with Gasteiger partial charge in [-0.25, -0.2) is 0 Å². The van der Waals surface area contributed by atoms with Crippen molar-refractivity contribution in [2.75, 3.05) is 52.7 Å². The van der Waals surface area contributed by atoms with Crippen molar-refractivity contribution in [3.8, 4) is 0 Å². The van der Waals surface area contributed by atoms with Gasteiger partial charge in [-0.3, -0.25) is 9.59 Å². The van der Waals surface area contributed by atoms with E-state index >= 15 is 0 Å². The molecule has 0 saturated carbocycles. The maximum atomic E-state index is 12.2. The van der Waals surface area contributed by atoms with Crippen LogP contribution in [0.15, 0.2) is 24.3 Å². The molecular formula is C17H29N4O2+. The highest BCUT2D eigenvalue weighted by molar-refractivity contribution is 5.84. The zero-order chi connectivity index (χ0) is 17.4. The van der Waals surface area contributed by atoms with Gasteiger partial charge in [0.05, 0.1) is 13.1 Å². The number of nitrogens with one attached hydrogen (secondary N) is 2. The zero-order valence-electron chi connectivity index (χ0n) is 14.8. The van der Waals surface area contributed by atoms with E-state index in [2.05, 4.69) is 41.4 Å². The summed E-state index contributed by atoms with van der Waals surface area (Å²) < 4.78 is 0. The van der Waals surface area contributed by atoms with Gasteiger partial charge >= 0.3 is 0 Å². The third-order valence-corrected chi connectivity index (χ3v) is 3.89. The summed E-state index contributed by atoms with van der Waals surface area (Å²) in [6.07, 6.45) is 0. The molecule has 0 fully saturated rings. The van der Waals surface area contributed by atoms with Crippen molar-refractivity contribution in [2.24, 2.45) is 0 Å². The smallest absolute Gasteiger partial charge is 0.277 e. The fourth-order valence-electron chi connectivity index (χ4n) is 2.24. The van der Waals surface area contributed by atoms with Crippen LogP contribution in [0.4, 0.5) is 5.69 Å². The number of nitrogens with zero attached hydrogens (tertiary/aromatic N) is 2. The molecule has 128 valence electrons. The van der Waals surface area contributed by atoms with Crippen LogP contribution in [0, 0.1) is 0 Å². The van der Waals surface area contributed by atoms with Crippen LogP contribution in [0.25, 0.3) is 0 Å². The van der Waals surface area contributed by atoms with Gasteiger partial charge in [0.15, 0.2) is 6.54 Å². The molecule has 2 N–H and O–H groups in total. The van der Waals surface area contributed by atoms with Crippen LogP contribution in [0.5, 0.6) is 0 Å². The molecule has 6 heteroatoms. The van der Waals surface area contributed by atoms with Crippen LogP contribution >= 0.6 is 0 Å². The van der Waals surface area contributed by atoms with Crippen LogP contribution in [0.1, 0.15) is 12.5 Å². The standard InChI is InChI=1S/C17H28N4O2/c1-6-21(13-17(23)20(5)12-16(22)18-2)11-14-7-9-15(10-8-14)19(3)4/h7-10H,6,11-13H2,1-5H3,(H,18,22)/p+1. The van der Waals surface area contributed by atoms with E-state index < -0.39 is 0 Å². The lowest BCUT2D eigenvalue weighted by atomic mass is 10.2. The van der Waals surface area contributed by atoms with Gasteiger partial charge in [-0.15, -0.1) is 0 Å². The summed E-state index contributed by atoms with van der Waals surface area (Å²) in [4.78, 5) is 28.3. The number of amides is 2. The maximum absolute atomic E-state index is 12.2. The van der Waals surface area contributed by atoms with Crippen LogP contribution in [-0.2, 0) is 16.1 Å². The average Bonchev–Trinajstić information content (AvgIpc) is 2.54. The molecule has 0 heterocycles. The molecule has 1 unspecified atom stereocenters. The van der Waals surface area contributed by atoms with Gasteiger partial charge in [0.1, 0.15) is 6.54 Å². The number of carbonyl (C=O) groups is 2. The SMILES string of the molecule is CC[NH+](CC(=O)N(C)CC(=O)NC)Cc1ccc(N(C)C)cc1. The Bertz CT molecular complexity index is 514. The third-order valence-electron chi connectivity index (χ3n) is 3.89. The van der Waals surface area contributed by atoms with Gasteiger partial charge in [-0.1, -0.05) is 12.1 Å². The number of benzene rings is 1. The van der Waals surface area contributed by atoms with E-state index in [1.807, 2.05) is 14.1 Å². The molecule has 1 rings (SSSR count). The van der Waals surface area contributed by atoms with E-state index in [1.165, 1.54) is 15.4 Å². The highest BCUT2D eigenvalue weighted by Gasteiger charge is 2.18. The van der Waals surface area contributed by atoms with Gasteiger partial charge in [0.25, 0.3) is 5.91 Å². The average molecular weight is 321 g/mol. The van der Waals surface area contributed by atoms with Gasteiger partial charge in [-0.05, 0) is 19.1 Å². The zero-order valence-corrected chi connectivity index (χ0v) is 14.8. The van der Waals surface area contributed by atoms with E-state index in [0.29, 0.717) is 6.54 Å². The molecule has 6 nitrogen and oxygen atoms in total. The fourth-order valence-corrected chi connectivity index (χ4v) is 2.24. The second-order valence-corrected chi connectivity index (χ2v) is 5.94. The Labute approximate surface area is 139 Å². The number of quaternary nitrogens is 1. The second-order valence-electron chi connectivity index (χ2n) is 5.94. The van der Waals surface area contributed by atoms with Crippen molar-refractivity contribution in [2.45, 2.75) is 13.5 Å². The minimum absolute atomic E-state index is 0.0182. The first-order valence-corrected chi connectivity index (χ1v) is 7.91. The quantitative estimate of drug-likeness (QED) is 0.670. The summed E-state index contributed by atoms with van der Waals surface area (Å²) in [5, 5.41) is 2.53. The summed E-state index contributed by atoms with van der Waals surface area (Å²) >= 11 is 0. The maximum Gasteiger partial charge on any atom is 0.277 e. The Kier molecular flexibility index (Phi) is 7.54. The number of carbonyl (C=O) groups excluding carboxylic acids is 2. The van der Waals surface area contributed by atoms with E-state index in [4.69, 9.17) is 0 Å². The summed E-state index contributed by atoms with van der Waals surface area (Å²) in [6, 6.07) is 8.37. The van der Waals surface area contributed by atoms with Gasteiger partial charge in [0.2, 0.25) is 5.91 Å². The van der Waals surface area contributed by atoms with Crippen LogP contribution in [0.3, 0.4) is 0 Å². The molecule has 0 radical (unpaired) electrons. The Hall–Kier alpha value is -2.08. The lowest BCUT2D eigenvalue weighted by Gasteiger charge is -2.21. The Morgan fingerprint density at radius 1 is 1.13 bits per heavy atom. The van der Waals surface area contributed by atoms with Crippen LogP contribution < -0.4 is 15.1 Å². The van der Waals surface area contributed by atoms with Crippen molar-refractivity contribution >= 4 is 17.5 Å². The molecule has 1 aromatic carbocycles. The minimum Gasteiger partial charge on any atom is -0.378 e. The molecule has 1 aromatic rings. The van der Waals surface area contributed by atoms with Crippen molar-refractivity contribution in [1.82, 2.24) is 10.2 Å². The first kappa shape index (κ1) is 19.0. The molecule has 0 spiro atoms. The number of rotatable bonds is 8. The second kappa shape index (κ2) is 9.15. The Balaban J connectivity index is 2.59. The topological polar surface area (TPSA) is 57.1 Å². The van der Waals surface area contributed by atoms with E-state index in [0.717, 1.165) is 18.8 Å². The number of hydrogen-bond acceptors (Lipinski definition) is 3. The van der Waals surface area contributed by atoms with Crippen molar-refractivity contribution < 1.29 is 14.5 Å².